The predicted octanol–water partition coefficient (Wildman–Crippen LogP) is 1.46. The van der Waals surface area contributed by atoms with Gasteiger partial charge in [0.15, 0.2) is 0 Å². The minimum atomic E-state index is -3.94. The van der Waals surface area contributed by atoms with Gasteiger partial charge < -0.3 is 15.0 Å². The van der Waals surface area contributed by atoms with Crippen LogP contribution in [0.5, 0.6) is 5.75 Å². The molecule has 1 saturated heterocycles. The van der Waals surface area contributed by atoms with Crippen LogP contribution < -0.4 is 10.1 Å². The third-order valence-electron chi connectivity index (χ3n) is 5.16. The Morgan fingerprint density at radius 1 is 1.12 bits per heavy atom. The molecular formula is C23H24ClN3O5S. The number of terminal acetylenes is 1. The Bertz CT molecular complexity index is 1120. The minimum Gasteiger partial charge on any atom is -0.481 e. The average Bonchev–Trinajstić information content (AvgIpc) is 2.86. The maximum Gasteiger partial charge on any atom is 0.243 e. The third-order valence-corrected chi connectivity index (χ3v) is 7.31. The van der Waals surface area contributed by atoms with Crippen LogP contribution in [0, 0.1) is 12.3 Å². The number of carbonyl (C=O) groups excluding carboxylic acids is 2. The number of benzene rings is 2. The van der Waals surface area contributed by atoms with Gasteiger partial charge in [0.2, 0.25) is 21.8 Å². The number of nitrogens with zero attached hydrogens (tertiary/aromatic N) is 2. The van der Waals surface area contributed by atoms with Gasteiger partial charge in [0, 0.05) is 26.2 Å². The molecule has 2 aromatic carbocycles. The van der Waals surface area contributed by atoms with Crippen molar-refractivity contribution >= 4 is 33.4 Å². The summed E-state index contributed by atoms with van der Waals surface area (Å²) in [7, 11) is -3.94. The van der Waals surface area contributed by atoms with Gasteiger partial charge in [-0.2, -0.15) is 4.31 Å². The molecule has 174 valence electrons. The maximum absolute atomic E-state index is 13.2. The molecule has 10 heteroatoms. The highest BCUT2D eigenvalue weighted by molar-refractivity contribution is 7.89. The lowest BCUT2D eigenvalue weighted by atomic mass is 10.1. The van der Waals surface area contributed by atoms with Gasteiger partial charge in [0.1, 0.15) is 24.3 Å². The van der Waals surface area contributed by atoms with Crippen molar-refractivity contribution in [2.75, 3.05) is 32.1 Å². The lowest BCUT2D eigenvalue weighted by Gasteiger charge is -2.39. The van der Waals surface area contributed by atoms with Crippen LogP contribution in [-0.4, -0.2) is 67.6 Å². The lowest BCUT2D eigenvalue weighted by molar-refractivity contribution is -0.134. The Balaban J connectivity index is 1.76. The van der Waals surface area contributed by atoms with E-state index in [-0.39, 0.29) is 49.5 Å². The van der Waals surface area contributed by atoms with Crippen LogP contribution in [0.2, 0.25) is 0 Å². The number of amides is 2. The molecule has 1 atom stereocenters. The van der Waals surface area contributed by atoms with Crippen molar-refractivity contribution < 1.29 is 22.7 Å². The van der Waals surface area contributed by atoms with Gasteiger partial charge in [0.05, 0.1) is 4.90 Å². The van der Waals surface area contributed by atoms with Gasteiger partial charge in [-0.25, -0.2) is 8.42 Å². The molecule has 1 fully saturated rings. The molecule has 1 heterocycles. The van der Waals surface area contributed by atoms with Crippen LogP contribution in [-0.2, 0) is 26.2 Å². The number of halogens is 1. The first-order valence-corrected chi connectivity index (χ1v) is 12.2. The van der Waals surface area contributed by atoms with Crippen molar-refractivity contribution in [3.8, 4) is 18.1 Å². The normalized spacial score (nSPS) is 16.6. The molecule has 2 aromatic rings. The average molecular weight is 490 g/mol. The molecule has 1 aliphatic heterocycles. The molecule has 0 aromatic heterocycles. The van der Waals surface area contributed by atoms with E-state index in [0.717, 1.165) is 9.87 Å². The second kappa shape index (κ2) is 11.2. The SMILES string of the molecule is C#CCOc1ccc(CNC(=O)C2CN(C(=O)CCl)CCN2S(=O)(=O)c2ccccc2)cc1. The zero-order valence-corrected chi connectivity index (χ0v) is 19.4. The summed E-state index contributed by atoms with van der Waals surface area (Å²) in [5.41, 5.74) is 0.790. The fourth-order valence-electron chi connectivity index (χ4n) is 3.44. The largest absolute Gasteiger partial charge is 0.481 e. The van der Waals surface area contributed by atoms with Crippen molar-refractivity contribution in [1.29, 1.82) is 0 Å². The van der Waals surface area contributed by atoms with Gasteiger partial charge in [-0.3, -0.25) is 9.59 Å². The van der Waals surface area contributed by atoms with Crippen molar-refractivity contribution in [2.24, 2.45) is 0 Å². The van der Waals surface area contributed by atoms with Crippen molar-refractivity contribution in [1.82, 2.24) is 14.5 Å². The number of ether oxygens (including phenoxy) is 1. The van der Waals surface area contributed by atoms with E-state index in [0.29, 0.717) is 5.75 Å². The fraction of sp³-hybridized carbons (Fsp3) is 0.304. The monoisotopic (exact) mass is 489 g/mol. The highest BCUT2D eigenvalue weighted by Gasteiger charge is 2.41. The molecule has 0 radical (unpaired) electrons. The third kappa shape index (κ3) is 6.05. The van der Waals surface area contributed by atoms with E-state index < -0.39 is 22.0 Å². The number of hydrogen-bond acceptors (Lipinski definition) is 5. The number of piperazine rings is 1. The molecule has 8 nitrogen and oxygen atoms in total. The first-order valence-electron chi connectivity index (χ1n) is 10.2. The summed E-state index contributed by atoms with van der Waals surface area (Å²) >= 11 is 5.68. The molecule has 1 aliphatic rings. The number of hydrogen-bond donors (Lipinski definition) is 1. The number of carbonyl (C=O) groups is 2. The van der Waals surface area contributed by atoms with Gasteiger partial charge in [-0.05, 0) is 29.8 Å². The smallest absolute Gasteiger partial charge is 0.243 e. The Labute approximate surface area is 198 Å². The summed E-state index contributed by atoms with van der Waals surface area (Å²) in [6.45, 7) is 0.385. The Morgan fingerprint density at radius 3 is 2.45 bits per heavy atom. The quantitative estimate of drug-likeness (QED) is 0.447. The second-order valence-corrected chi connectivity index (χ2v) is 9.43. The van der Waals surface area contributed by atoms with Crippen LogP contribution in [0.15, 0.2) is 59.5 Å². The molecule has 3 rings (SSSR count). The van der Waals surface area contributed by atoms with E-state index in [9.17, 15) is 18.0 Å². The van der Waals surface area contributed by atoms with Crippen LogP contribution in [0.4, 0.5) is 0 Å². The van der Waals surface area contributed by atoms with E-state index in [1.165, 1.54) is 17.0 Å². The van der Waals surface area contributed by atoms with Crippen molar-refractivity contribution in [3.63, 3.8) is 0 Å². The fourth-order valence-corrected chi connectivity index (χ4v) is 5.20. The molecule has 0 spiro atoms. The van der Waals surface area contributed by atoms with E-state index in [1.54, 1.807) is 42.5 Å². The van der Waals surface area contributed by atoms with Gasteiger partial charge in [-0.15, -0.1) is 18.0 Å². The molecule has 0 aliphatic carbocycles. The molecule has 1 N–H and O–H groups in total. The number of sulfonamides is 1. The van der Waals surface area contributed by atoms with Gasteiger partial charge >= 0.3 is 0 Å². The summed E-state index contributed by atoms with van der Waals surface area (Å²) in [5, 5.41) is 2.77. The minimum absolute atomic E-state index is 0.0147. The Kier molecular flexibility index (Phi) is 8.33. The topological polar surface area (TPSA) is 96.0 Å². The van der Waals surface area contributed by atoms with E-state index in [2.05, 4.69) is 11.2 Å². The van der Waals surface area contributed by atoms with Crippen LogP contribution in [0.1, 0.15) is 5.56 Å². The van der Waals surface area contributed by atoms with Crippen LogP contribution >= 0.6 is 11.6 Å². The first kappa shape index (κ1) is 24.6. The highest BCUT2D eigenvalue weighted by Crippen LogP contribution is 2.22. The Hall–Kier alpha value is -3.06. The predicted molar refractivity (Wildman–Crippen MR) is 124 cm³/mol. The molecular weight excluding hydrogens is 466 g/mol. The highest BCUT2D eigenvalue weighted by atomic mass is 35.5. The molecule has 2 amide bonds. The Morgan fingerprint density at radius 2 is 1.82 bits per heavy atom. The first-order chi connectivity index (χ1) is 15.9. The molecule has 0 saturated carbocycles. The van der Waals surface area contributed by atoms with Crippen LogP contribution in [0.3, 0.4) is 0 Å². The van der Waals surface area contributed by atoms with Crippen LogP contribution in [0.25, 0.3) is 0 Å². The summed E-state index contributed by atoms with van der Waals surface area (Å²) < 4.78 is 32.9. The van der Waals surface area contributed by atoms with E-state index in [1.807, 2.05) is 0 Å². The van der Waals surface area contributed by atoms with Gasteiger partial charge in [0.25, 0.3) is 0 Å². The summed E-state index contributed by atoms with van der Waals surface area (Å²) in [6.07, 6.45) is 5.17. The summed E-state index contributed by atoms with van der Waals surface area (Å²) in [6, 6.07) is 13.8. The molecule has 33 heavy (non-hydrogen) atoms. The summed E-state index contributed by atoms with van der Waals surface area (Å²) in [5.74, 6) is 1.88. The second-order valence-electron chi connectivity index (χ2n) is 7.27. The van der Waals surface area contributed by atoms with E-state index >= 15 is 0 Å². The number of rotatable bonds is 8. The van der Waals surface area contributed by atoms with Crippen molar-refractivity contribution in [2.45, 2.75) is 17.5 Å². The molecule has 1 unspecified atom stereocenters. The number of alkyl halides is 1. The zero-order chi connectivity index (χ0) is 23.8. The standard InChI is InChI=1S/C23H24ClN3O5S/c1-2-14-32-19-10-8-18(9-11-19)16-25-23(29)21-17-26(22(28)15-24)12-13-27(21)33(30,31)20-6-4-3-5-7-20/h1,3-11,21H,12-17H2,(H,25,29). The summed E-state index contributed by atoms with van der Waals surface area (Å²) in [4.78, 5) is 26.7. The number of nitrogens with one attached hydrogen (secondary N) is 1. The van der Waals surface area contributed by atoms with E-state index in [4.69, 9.17) is 22.8 Å². The molecule has 0 bridgehead atoms. The lowest BCUT2D eigenvalue weighted by Crippen LogP contribution is -2.61. The van der Waals surface area contributed by atoms with Gasteiger partial charge in [-0.1, -0.05) is 36.3 Å². The zero-order valence-electron chi connectivity index (χ0n) is 17.8. The van der Waals surface area contributed by atoms with Crippen molar-refractivity contribution in [3.05, 3.63) is 60.2 Å². The maximum atomic E-state index is 13.2.